The number of hydrogen-bond donors (Lipinski definition) is 2. The molecule has 8 nitrogen and oxygen atoms in total. The van der Waals surface area contributed by atoms with Crippen LogP contribution in [0, 0.1) is 0 Å². The molecule has 0 amide bonds. The highest BCUT2D eigenvalue weighted by Crippen LogP contribution is 2.37. The second-order valence-electron chi connectivity index (χ2n) is 7.71. The van der Waals surface area contributed by atoms with Crippen molar-refractivity contribution in [2.45, 2.75) is 32.3 Å². The molecule has 1 unspecified atom stereocenters. The maximum atomic E-state index is 13.9. The van der Waals surface area contributed by atoms with Crippen LogP contribution in [0.3, 0.4) is 0 Å². The summed E-state index contributed by atoms with van der Waals surface area (Å²) in [6.45, 7) is 3.93. The third kappa shape index (κ3) is 4.03. The first-order chi connectivity index (χ1) is 14.2. The van der Waals surface area contributed by atoms with Gasteiger partial charge in [0, 0.05) is 17.4 Å². The fraction of sp³-hybridized carbons (Fsp3) is 0.350. The number of alkyl halides is 1. The molecule has 0 radical (unpaired) electrons. The zero-order chi connectivity index (χ0) is 21.5. The molecule has 0 fully saturated rings. The molecule has 0 spiro atoms. The van der Waals surface area contributed by atoms with E-state index in [1.165, 1.54) is 20.2 Å². The summed E-state index contributed by atoms with van der Waals surface area (Å²) >= 11 is 6.53. The maximum absolute atomic E-state index is 13.9. The van der Waals surface area contributed by atoms with E-state index in [4.69, 9.17) is 22.1 Å². The lowest BCUT2D eigenvalue weighted by atomic mass is 10.1. The van der Waals surface area contributed by atoms with Crippen LogP contribution in [0.25, 0.3) is 11.3 Å². The maximum Gasteiger partial charge on any atom is 0.226 e. The first kappa shape index (κ1) is 20.4. The first-order valence-corrected chi connectivity index (χ1v) is 9.79. The Morgan fingerprint density at radius 3 is 2.87 bits per heavy atom. The predicted octanol–water partition coefficient (Wildman–Crippen LogP) is 3.21. The average Bonchev–Trinajstić information content (AvgIpc) is 3.03. The van der Waals surface area contributed by atoms with E-state index in [0.29, 0.717) is 40.7 Å². The number of benzene rings is 1. The molecular formula is C20H22ClFN6O2. The van der Waals surface area contributed by atoms with Crippen LogP contribution in [0.2, 0.25) is 5.02 Å². The van der Waals surface area contributed by atoms with Crippen molar-refractivity contribution < 1.29 is 14.2 Å². The van der Waals surface area contributed by atoms with E-state index < -0.39 is 11.9 Å². The SMILES string of the molecule is CC(C)(F)Cn1cnc(-c2ccc(N3CCOc4ncnc(N)c4C3O)cc2Cl)c1. The van der Waals surface area contributed by atoms with Gasteiger partial charge < -0.3 is 25.0 Å². The van der Waals surface area contributed by atoms with Gasteiger partial charge in [0.15, 0.2) is 6.23 Å². The lowest BCUT2D eigenvalue weighted by Crippen LogP contribution is -2.30. The monoisotopic (exact) mass is 432 g/mol. The smallest absolute Gasteiger partial charge is 0.226 e. The number of aromatic nitrogens is 4. The van der Waals surface area contributed by atoms with Crippen molar-refractivity contribution in [1.29, 1.82) is 0 Å². The number of hydrogen-bond acceptors (Lipinski definition) is 7. The van der Waals surface area contributed by atoms with Gasteiger partial charge in [-0.1, -0.05) is 11.6 Å². The Kier molecular flexibility index (Phi) is 5.25. The third-order valence-corrected chi connectivity index (χ3v) is 5.07. The number of fused-ring (bicyclic) bond motifs is 1. The van der Waals surface area contributed by atoms with Gasteiger partial charge in [0.05, 0.1) is 30.1 Å². The van der Waals surface area contributed by atoms with Crippen LogP contribution in [0.4, 0.5) is 15.9 Å². The highest BCUT2D eigenvalue weighted by Gasteiger charge is 2.29. The molecule has 1 aromatic carbocycles. The van der Waals surface area contributed by atoms with Gasteiger partial charge in [0.2, 0.25) is 5.88 Å². The Balaban J connectivity index is 1.63. The molecule has 10 heteroatoms. The Bertz CT molecular complexity index is 1070. The fourth-order valence-corrected chi connectivity index (χ4v) is 3.72. The minimum absolute atomic E-state index is 0.156. The zero-order valence-electron chi connectivity index (χ0n) is 16.6. The lowest BCUT2D eigenvalue weighted by molar-refractivity contribution is 0.174. The van der Waals surface area contributed by atoms with Gasteiger partial charge >= 0.3 is 0 Å². The van der Waals surface area contributed by atoms with Crippen LogP contribution in [-0.2, 0) is 6.54 Å². The number of aliphatic hydroxyl groups is 1. The molecule has 0 aliphatic carbocycles. The second kappa shape index (κ2) is 7.73. The molecule has 0 saturated heterocycles. The van der Waals surface area contributed by atoms with Gasteiger partial charge in [0.25, 0.3) is 0 Å². The van der Waals surface area contributed by atoms with Crippen molar-refractivity contribution in [3.8, 4) is 17.1 Å². The number of nitrogens with zero attached hydrogens (tertiary/aromatic N) is 5. The number of nitrogens with two attached hydrogens (primary N) is 1. The van der Waals surface area contributed by atoms with Gasteiger partial charge in [0.1, 0.15) is 30.0 Å². The molecule has 3 N–H and O–H groups in total. The van der Waals surface area contributed by atoms with Crippen molar-refractivity contribution in [1.82, 2.24) is 19.5 Å². The van der Waals surface area contributed by atoms with Crippen LogP contribution < -0.4 is 15.4 Å². The number of rotatable bonds is 4. The number of aliphatic hydroxyl groups excluding tert-OH is 1. The molecule has 3 aromatic rings. The Hall–Kier alpha value is -2.91. The third-order valence-electron chi connectivity index (χ3n) is 4.75. The fourth-order valence-electron chi connectivity index (χ4n) is 3.45. The standard InChI is InChI=1S/C20H22ClFN6O2/c1-20(2,22)9-27-8-15(26-11-27)13-4-3-12(7-14(13)21)28-5-6-30-18-16(19(28)29)17(23)24-10-25-18/h3-4,7-8,10-11,19,29H,5-6,9H2,1-2H3,(H2,23,24,25). The summed E-state index contributed by atoms with van der Waals surface area (Å²) in [5.74, 6) is 0.421. The van der Waals surface area contributed by atoms with Gasteiger partial charge in [-0.15, -0.1) is 0 Å². The van der Waals surface area contributed by atoms with Crippen molar-refractivity contribution in [2.24, 2.45) is 0 Å². The topological polar surface area (TPSA) is 102 Å². The molecule has 2 aromatic heterocycles. The summed E-state index contributed by atoms with van der Waals surface area (Å²) in [6.07, 6.45) is 3.55. The van der Waals surface area contributed by atoms with Gasteiger partial charge in [-0.05, 0) is 32.0 Å². The van der Waals surface area contributed by atoms with Crippen molar-refractivity contribution in [2.75, 3.05) is 23.8 Å². The minimum Gasteiger partial charge on any atom is -0.475 e. The first-order valence-electron chi connectivity index (χ1n) is 9.41. The summed E-state index contributed by atoms with van der Waals surface area (Å²) in [5, 5.41) is 11.4. The molecule has 0 saturated carbocycles. The normalized spacial score (nSPS) is 16.7. The highest BCUT2D eigenvalue weighted by molar-refractivity contribution is 6.33. The van der Waals surface area contributed by atoms with Crippen molar-refractivity contribution in [3.63, 3.8) is 0 Å². The highest BCUT2D eigenvalue weighted by atomic mass is 35.5. The Labute approximate surface area is 178 Å². The van der Waals surface area contributed by atoms with E-state index in [0.717, 1.165) is 0 Å². The van der Waals surface area contributed by atoms with Crippen LogP contribution in [-0.4, -0.2) is 43.4 Å². The largest absolute Gasteiger partial charge is 0.475 e. The van der Waals surface area contributed by atoms with Crippen LogP contribution in [0.5, 0.6) is 5.88 Å². The number of imidazole rings is 1. The van der Waals surface area contributed by atoms with Gasteiger partial charge in [-0.2, -0.15) is 0 Å². The number of anilines is 2. The van der Waals surface area contributed by atoms with E-state index in [9.17, 15) is 9.50 Å². The average molecular weight is 433 g/mol. The van der Waals surface area contributed by atoms with Gasteiger partial charge in [-0.3, -0.25) is 0 Å². The van der Waals surface area contributed by atoms with Gasteiger partial charge in [-0.25, -0.2) is 19.3 Å². The quantitative estimate of drug-likeness (QED) is 0.652. The lowest BCUT2D eigenvalue weighted by Gasteiger charge is -2.28. The van der Waals surface area contributed by atoms with E-state index >= 15 is 0 Å². The van der Waals surface area contributed by atoms with E-state index in [1.807, 2.05) is 12.1 Å². The summed E-state index contributed by atoms with van der Waals surface area (Å²) in [5.41, 5.74) is 6.94. The van der Waals surface area contributed by atoms with E-state index in [2.05, 4.69) is 15.0 Å². The number of nitrogen functional groups attached to an aromatic ring is 1. The predicted molar refractivity (Wildman–Crippen MR) is 112 cm³/mol. The second-order valence-corrected chi connectivity index (χ2v) is 8.11. The van der Waals surface area contributed by atoms with Crippen molar-refractivity contribution in [3.05, 3.63) is 47.6 Å². The summed E-state index contributed by atoms with van der Waals surface area (Å²) in [6, 6.07) is 5.38. The van der Waals surface area contributed by atoms with E-state index in [-0.39, 0.29) is 18.2 Å². The van der Waals surface area contributed by atoms with Crippen molar-refractivity contribution >= 4 is 23.1 Å². The van der Waals surface area contributed by atoms with Crippen LogP contribution in [0.15, 0.2) is 37.1 Å². The Morgan fingerprint density at radius 2 is 2.13 bits per heavy atom. The molecule has 1 aliphatic heterocycles. The molecule has 1 atom stereocenters. The summed E-state index contributed by atoms with van der Waals surface area (Å²) < 4.78 is 21.2. The molecule has 30 heavy (non-hydrogen) atoms. The van der Waals surface area contributed by atoms with Crippen LogP contribution >= 0.6 is 11.6 Å². The molecule has 4 rings (SSSR count). The minimum atomic E-state index is -1.35. The van der Waals surface area contributed by atoms with E-state index in [1.54, 1.807) is 28.1 Å². The molecular weight excluding hydrogens is 411 g/mol. The van der Waals surface area contributed by atoms with Crippen LogP contribution in [0.1, 0.15) is 25.6 Å². The summed E-state index contributed by atoms with van der Waals surface area (Å²) in [7, 11) is 0. The number of halogens is 2. The number of ether oxygens (including phenoxy) is 1. The molecule has 1 aliphatic rings. The molecule has 3 heterocycles. The zero-order valence-corrected chi connectivity index (χ0v) is 17.3. The Morgan fingerprint density at radius 1 is 1.33 bits per heavy atom. The molecule has 158 valence electrons. The molecule has 0 bridgehead atoms. The summed E-state index contributed by atoms with van der Waals surface area (Å²) in [4.78, 5) is 14.1.